The molecular weight excluding hydrogens is 372 g/mol. The minimum Gasteiger partial charge on any atom is -0.388 e. The van der Waals surface area contributed by atoms with Crippen LogP contribution >= 0.6 is 11.6 Å². The van der Waals surface area contributed by atoms with Gasteiger partial charge in [0, 0.05) is 18.5 Å². The van der Waals surface area contributed by atoms with E-state index in [9.17, 15) is 9.90 Å². The lowest BCUT2D eigenvalue weighted by atomic mass is 10.1. The molecular formula is C17H15ClN6O3. The van der Waals surface area contributed by atoms with Crippen LogP contribution in [0.5, 0.6) is 0 Å². The van der Waals surface area contributed by atoms with Crippen molar-refractivity contribution in [3.05, 3.63) is 69.6 Å². The predicted octanol–water partition coefficient (Wildman–Crippen LogP) is 1.49. The third kappa shape index (κ3) is 3.34. The van der Waals surface area contributed by atoms with Gasteiger partial charge in [-0.1, -0.05) is 35.0 Å². The van der Waals surface area contributed by atoms with Crippen molar-refractivity contribution in [3.8, 4) is 0 Å². The second kappa shape index (κ2) is 6.93. The molecule has 0 aliphatic carbocycles. The first-order valence-corrected chi connectivity index (χ1v) is 8.51. The quantitative estimate of drug-likeness (QED) is 0.553. The van der Waals surface area contributed by atoms with Crippen molar-refractivity contribution in [2.75, 3.05) is 0 Å². The van der Waals surface area contributed by atoms with E-state index in [2.05, 4.69) is 20.1 Å². The smallest absolute Gasteiger partial charge is 0.280 e. The first-order chi connectivity index (χ1) is 13.0. The summed E-state index contributed by atoms with van der Waals surface area (Å²) in [5.41, 5.74) is 1.11. The van der Waals surface area contributed by atoms with Gasteiger partial charge in [0.05, 0.1) is 12.4 Å². The Balaban J connectivity index is 1.53. The fourth-order valence-electron chi connectivity index (χ4n) is 2.80. The van der Waals surface area contributed by atoms with Crippen LogP contribution in [-0.2, 0) is 20.0 Å². The molecule has 0 fully saturated rings. The van der Waals surface area contributed by atoms with Gasteiger partial charge in [-0.25, -0.2) is 9.97 Å². The number of aromatic nitrogens is 6. The highest BCUT2D eigenvalue weighted by Gasteiger charge is 2.17. The summed E-state index contributed by atoms with van der Waals surface area (Å²) in [7, 11) is 1.73. The number of hydrogen-bond acceptors (Lipinski definition) is 7. The maximum absolute atomic E-state index is 12.5. The van der Waals surface area contributed by atoms with Gasteiger partial charge in [0.15, 0.2) is 17.0 Å². The molecule has 0 saturated heterocycles. The maximum atomic E-state index is 12.5. The van der Waals surface area contributed by atoms with E-state index in [1.807, 2.05) is 0 Å². The Labute approximate surface area is 157 Å². The molecule has 138 valence electrons. The lowest BCUT2D eigenvalue weighted by Gasteiger charge is -2.09. The number of halogens is 1. The molecule has 3 aromatic heterocycles. The maximum Gasteiger partial charge on any atom is 0.280 e. The SMILES string of the molecule is Cn1cnc2ncn(Cc3nc(CC(O)c4ccccc4Cl)no3)c(=O)c21. The van der Waals surface area contributed by atoms with Crippen LogP contribution in [0.2, 0.25) is 5.02 Å². The number of aliphatic hydroxyl groups excluding tert-OH is 1. The molecule has 1 N–H and O–H groups in total. The van der Waals surface area contributed by atoms with E-state index in [0.29, 0.717) is 27.6 Å². The van der Waals surface area contributed by atoms with E-state index in [1.165, 1.54) is 17.2 Å². The van der Waals surface area contributed by atoms with E-state index in [-0.39, 0.29) is 24.4 Å². The normalized spacial score (nSPS) is 12.6. The average Bonchev–Trinajstić information content (AvgIpc) is 3.24. The van der Waals surface area contributed by atoms with Gasteiger partial charge in [0.2, 0.25) is 5.89 Å². The molecule has 0 aliphatic rings. The molecule has 3 heterocycles. The number of benzene rings is 1. The zero-order valence-corrected chi connectivity index (χ0v) is 15.0. The molecule has 27 heavy (non-hydrogen) atoms. The number of rotatable bonds is 5. The van der Waals surface area contributed by atoms with Crippen LogP contribution in [0, 0.1) is 0 Å². The summed E-state index contributed by atoms with van der Waals surface area (Å²) >= 11 is 6.09. The highest BCUT2D eigenvalue weighted by atomic mass is 35.5. The van der Waals surface area contributed by atoms with Crippen LogP contribution in [0.25, 0.3) is 11.2 Å². The molecule has 9 nitrogen and oxygen atoms in total. The summed E-state index contributed by atoms with van der Waals surface area (Å²) < 4.78 is 8.18. The van der Waals surface area contributed by atoms with Crippen molar-refractivity contribution in [3.63, 3.8) is 0 Å². The number of aryl methyl sites for hydroxylation is 1. The molecule has 10 heteroatoms. The Morgan fingerprint density at radius 3 is 2.85 bits per heavy atom. The van der Waals surface area contributed by atoms with Crippen LogP contribution in [0.1, 0.15) is 23.4 Å². The fourth-order valence-corrected chi connectivity index (χ4v) is 3.06. The number of nitrogens with zero attached hydrogens (tertiary/aromatic N) is 6. The number of aliphatic hydroxyl groups is 1. The van der Waals surface area contributed by atoms with E-state index in [0.717, 1.165) is 0 Å². The van der Waals surface area contributed by atoms with Crippen LogP contribution in [0.3, 0.4) is 0 Å². The average molecular weight is 387 g/mol. The van der Waals surface area contributed by atoms with Crippen molar-refractivity contribution in [1.82, 2.24) is 29.2 Å². The summed E-state index contributed by atoms with van der Waals surface area (Å²) in [6.07, 6.45) is 2.20. The van der Waals surface area contributed by atoms with Gasteiger partial charge in [-0.2, -0.15) is 4.98 Å². The predicted molar refractivity (Wildman–Crippen MR) is 96.3 cm³/mol. The Bertz CT molecular complexity index is 1160. The van der Waals surface area contributed by atoms with E-state index < -0.39 is 6.10 Å². The third-order valence-electron chi connectivity index (χ3n) is 4.16. The van der Waals surface area contributed by atoms with Crippen LogP contribution in [-0.4, -0.2) is 34.3 Å². The van der Waals surface area contributed by atoms with Gasteiger partial charge >= 0.3 is 0 Å². The molecule has 0 spiro atoms. The molecule has 4 aromatic rings. The van der Waals surface area contributed by atoms with Crippen LogP contribution in [0.4, 0.5) is 0 Å². The first kappa shape index (κ1) is 17.4. The summed E-state index contributed by atoms with van der Waals surface area (Å²) in [4.78, 5) is 25.0. The van der Waals surface area contributed by atoms with Gasteiger partial charge in [0.1, 0.15) is 12.9 Å². The van der Waals surface area contributed by atoms with E-state index >= 15 is 0 Å². The Morgan fingerprint density at radius 1 is 1.26 bits per heavy atom. The Kier molecular flexibility index (Phi) is 4.46. The molecule has 0 saturated carbocycles. The summed E-state index contributed by atoms with van der Waals surface area (Å²) in [5, 5.41) is 14.7. The second-order valence-electron chi connectivity index (χ2n) is 6.05. The van der Waals surface area contributed by atoms with Crippen LogP contribution in [0.15, 0.2) is 46.2 Å². The number of hydrogen-bond donors (Lipinski definition) is 1. The third-order valence-corrected chi connectivity index (χ3v) is 4.50. The lowest BCUT2D eigenvalue weighted by molar-refractivity contribution is 0.174. The summed E-state index contributed by atoms with van der Waals surface area (Å²) in [6.45, 7) is 0.0716. The Morgan fingerprint density at radius 2 is 2.04 bits per heavy atom. The van der Waals surface area contributed by atoms with Crippen molar-refractivity contribution < 1.29 is 9.63 Å². The van der Waals surface area contributed by atoms with Gasteiger partial charge in [0.25, 0.3) is 5.56 Å². The Hall–Kier alpha value is -3.04. The van der Waals surface area contributed by atoms with Crippen molar-refractivity contribution >= 4 is 22.8 Å². The number of fused-ring (bicyclic) bond motifs is 1. The fraction of sp³-hybridized carbons (Fsp3) is 0.235. The van der Waals surface area contributed by atoms with Gasteiger partial charge < -0.3 is 14.2 Å². The van der Waals surface area contributed by atoms with Crippen molar-refractivity contribution in [2.24, 2.45) is 7.05 Å². The van der Waals surface area contributed by atoms with E-state index in [1.54, 1.807) is 35.9 Å². The van der Waals surface area contributed by atoms with Gasteiger partial charge in [-0.05, 0) is 11.6 Å². The lowest BCUT2D eigenvalue weighted by Crippen LogP contribution is -2.22. The zero-order valence-electron chi connectivity index (χ0n) is 14.3. The molecule has 0 radical (unpaired) electrons. The highest BCUT2D eigenvalue weighted by molar-refractivity contribution is 6.31. The molecule has 1 atom stereocenters. The second-order valence-corrected chi connectivity index (χ2v) is 6.46. The van der Waals surface area contributed by atoms with Gasteiger partial charge in [-0.3, -0.25) is 9.36 Å². The summed E-state index contributed by atoms with van der Waals surface area (Å²) in [6, 6.07) is 7.02. The number of imidazole rings is 1. The minimum atomic E-state index is -0.862. The standard InChI is InChI=1S/C17H15ClN6O3/c1-23-8-19-16-15(23)17(26)24(9-20-16)7-14-21-13(22-27-14)6-12(25)10-4-2-3-5-11(10)18/h2-5,8-9,12,25H,6-7H2,1H3. The molecule has 0 bridgehead atoms. The van der Waals surface area contributed by atoms with Crippen molar-refractivity contribution in [1.29, 1.82) is 0 Å². The molecule has 0 amide bonds. The van der Waals surface area contributed by atoms with Crippen LogP contribution < -0.4 is 5.56 Å². The molecule has 0 aliphatic heterocycles. The zero-order chi connectivity index (χ0) is 19.0. The monoisotopic (exact) mass is 386 g/mol. The molecule has 1 unspecified atom stereocenters. The molecule has 1 aromatic carbocycles. The molecule has 4 rings (SSSR count). The topological polar surface area (TPSA) is 112 Å². The van der Waals surface area contributed by atoms with Crippen molar-refractivity contribution in [2.45, 2.75) is 19.1 Å². The summed E-state index contributed by atoms with van der Waals surface area (Å²) in [5.74, 6) is 0.557. The van der Waals surface area contributed by atoms with Gasteiger partial charge in [-0.15, -0.1) is 0 Å². The minimum absolute atomic E-state index is 0.0716. The highest BCUT2D eigenvalue weighted by Crippen LogP contribution is 2.24. The largest absolute Gasteiger partial charge is 0.388 e. The van der Waals surface area contributed by atoms with E-state index in [4.69, 9.17) is 16.1 Å². The first-order valence-electron chi connectivity index (χ1n) is 8.13.